The molecule has 1 rings (SSSR count). The summed E-state index contributed by atoms with van der Waals surface area (Å²) in [6.45, 7) is 9.23. The van der Waals surface area contributed by atoms with E-state index in [1.165, 1.54) is 0 Å². The molecule has 0 radical (unpaired) electrons. The number of likely N-dealkylation sites (tertiary alicyclic amines) is 1. The maximum atomic E-state index is 11.1. The Balaban J connectivity index is 2.67. The molecule has 64 valence electrons. The second-order valence-electron chi connectivity index (χ2n) is 4.39. The number of ketones is 1. The Labute approximate surface area is 68.6 Å². The van der Waals surface area contributed by atoms with Gasteiger partial charge in [-0.05, 0) is 27.7 Å². The summed E-state index contributed by atoms with van der Waals surface area (Å²) in [4.78, 5) is 13.3. The van der Waals surface area contributed by atoms with Crippen LogP contribution in [0.2, 0.25) is 0 Å². The third kappa shape index (κ3) is 1.80. The fourth-order valence-electron chi connectivity index (χ4n) is 1.75. The van der Waals surface area contributed by atoms with E-state index in [0.717, 1.165) is 6.42 Å². The Kier molecular flexibility index (Phi) is 2.06. The molecule has 0 saturated carbocycles. The predicted molar refractivity (Wildman–Crippen MR) is 45.5 cm³/mol. The van der Waals surface area contributed by atoms with E-state index in [1.54, 1.807) is 0 Å². The smallest absolute Gasteiger partial charge is 0.148 e. The van der Waals surface area contributed by atoms with Crippen molar-refractivity contribution in [2.24, 2.45) is 0 Å². The molecule has 1 atom stereocenters. The molecule has 0 aliphatic carbocycles. The van der Waals surface area contributed by atoms with Crippen molar-refractivity contribution >= 4 is 5.78 Å². The van der Waals surface area contributed by atoms with E-state index in [0.29, 0.717) is 18.4 Å². The molecule has 0 aromatic rings. The topological polar surface area (TPSA) is 20.3 Å². The van der Waals surface area contributed by atoms with Crippen molar-refractivity contribution in [1.29, 1.82) is 0 Å². The van der Waals surface area contributed by atoms with E-state index < -0.39 is 0 Å². The molecule has 0 amide bonds. The van der Waals surface area contributed by atoms with Gasteiger partial charge in [0.05, 0.1) is 6.54 Å². The highest BCUT2D eigenvalue weighted by Crippen LogP contribution is 2.23. The molecule has 0 spiro atoms. The fourth-order valence-corrected chi connectivity index (χ4v) is 1.75. The van der Waals surface area contributed by atoms with Crippen molar-refractivity contribution in [2.45, 2.75) is 45.7 Å². The molecule has 0 aromatic heterocycles. The lowest BCUT2D eigenvalue weighted by Crippen LogP contribution is -2.43. The largest absolute Gasteiger partial charge is 0.298 e. The van der Waals surface area contributed by atoms with Crippen LogP contribution in [0.1, 0.15) is 34.1 Å². The first kappa shape index (κ1) is 8.72. The summed E-state index contributed by atoms with van der Waals surface area (Å²) in [7, 11) is 0. The van der Waals surface area contributed by atoms with Gasteiger partial charge < -0.3 is 0 Å². The first-order valence-corrected chi connectivity index (χ1v) is 4.19. The number of carbonyl (C=O) groups excluding carboxylic acids is 1. The molecule has 0 N–H and O–H groups in total. The van der Waals surface area contributed by atoms with Gasteiger partial charge in [0.1, 0.15) is 5.78 Å². The molecule has 11 heavy (non-hydrogen) atoms. The Morgan fingerprint density at radius 1 is 1.45 bits per heavy atom. The van der Waals surface area contributed by atoms with Gasteiger partial charge in [-0.2, -0.15) is 0 Å². The van der Waals surface area contributed by atoms with Crippen LogP contribution in [0.25, 0.3) is 0 Å². The van der Waals surface area contributed by atoms with Gasteiger partial charge in [0.25, 0.3) is 0 Å². The lowest BCUT2D eigenvalue weighted by atomic mass is 10.1. The molecule has 0 bridgehead atoms. The minimum Gasteiger partial charge on any atom is -0.298 e. The van der Waals surface area contributed by atoms with Gasteiger partial charge in [-0.25, -0.2) is 0 Å². The number of hydrogen-bond acceptors (Lipinski definition) is 2. The van der Waals surface area contributed by atoms with E-state index >= 15 is 0 Å². The van der Waals surface area contributed by atoms with Crippen LogP contribution in [0, 0.1) is 0 Å². The molecule has 1 aliphatic heterocycles. The summed E-state index contributed by atoms with van der Waals surface area (Å²) in [5.41, 5.74) is 0.144. The van der Waals surface area contributed by atoms with Crippen molar-refractivity contribution in [3.63, 3.8) is 0 Å². The first-order chi connectivity index (χ1) is 4.91. The van der Waals surface area contributed by atoms with Gasteiger partial charge in [0.2, 0.25) is 0 Å². The third-order valence-corrected chi connectivity index (χ3v) is 2.26. The zero-order valence-corrected chi connectivity index (χ0v) is 7.85. The van der Waals surface area contributed by atoms with Crippen LogP contribution in [-0.4, -0.2) is 28.8 Å². The Bertz CT molecular complexity index is 169. The van der Waals surface area contributed by atoms with Crippen LogP contribution in [-0.2, 0) is 4.79 Å². The highest BCUT2D eigenvalue weighted by molar-refractivity contribution is 5.83. The van der Waals surface area contributed by atoms with E-state index in [2.05, 4.69) is 32.6 Å². The van der Waals surface area contributed by atoms with Crippen LogP contribution in [0.5, 0.6) is 0 Å². The van der Waals surface area contributed by atoms with Gasteiger partial charge in [0, 0.05) is 18.0 Å². The lowest BCUT2D eigenvalue weighted by molar-refractivity contribution is -0.117. The number of carbonyl (C=O) groups is 1. The molecule has 1 saturated heterocycles. The lowest BCUT2D eigenvalue weighted by Gasteiger charge is -2.34. The zero-order chi connectivity index (χ0) is 8.65. The quantitative estimate of drug-likeness (QED) is 0.527. The second-order valence-corrected chi connectivity index (χ2v) is 4.39. The molecule has 1 fully saturated rings. The minimum absolute atomic E-state index is 0.144. The third-order valence-electron chi connectivity index (χ3n) is 2.26. The van der Waals surface area contributed by atoms with Gasteiger partial charge in [-0.15, -0.1) is 0 Å². The van der Waals surface area contributed by atoms with E-state index in [-0.39, 0.29) is 5.54 Å². The van der Waals surface area contributed by atoms with Crippen LogP contribution < -0.4 is 0 Å². The average Bonchev–Trinajstić information content (AvgIpc) is 2.08. The number of nitrogens with zero attached hydrogens (tertiary/aromatic N) is 1. The van der Waals surface area contributed by atoms with E-state index in [9.17, 15) is 4.79 Å². The molecular weight excluding hydrogens is 138 g/mol. The predicted octanol–water partition coefficient (Wildman–Crippen LogP) is 1.45. The van der Waals surface area contributed by atoms with Gasteiger partial charge >= 0.3 is 0 Å². The molecule has 2 heteroatoms. The van der Waals surface area contributed by atoms with Crippen LogP contribution >= 0.6 is 0 Å². The maximum Gasteiger partial charge on any atom is 0.148 e. The summed E-state index contributed by atoms with van der Waals surface area (Å²) in [5, 5.41) is 0. The van der Waals surface area contributed by atoms with Crippen molar-refractivity contribution in [2.75, 3.05) is 6.54 Å². The minimum atomic E-state index is 0.144. The van der Waals surface area contributed by atoms with Crippen LogP contribution in [0.4, 0.5) is 0 Å². The first-order valence-electron chi connectivity index (χ1n) is 4.19. The number of rotatable bonds is 0. The SMILES string of the molecule is C[C@@H]1CC(=O)CN1C(C)(C)C. The van der Waals surface area contributed by atoms with Gasteiger partial charge in [0.15, 0.2) is 0 Å². The van der Waals surface area contributed by atoms with E-state index in [1.807, 2.05) is 0 Å². The van der Waals surface area contributed by atoms with Crippen molar-refractivity contribution in [1.82, 2.24) is 4.90 Å². The number of hydrogen-bond donors (Lipinski definition) is 0. The Morgan fingerprint density at radius 2 is 2.00 bits per heavy atom. The summed E-state index contributed by atoms with van der Waals surface area (Å²) in [5.74, 6) is 0.382. The molecular formula is C9H17NO. The van der Waals surface area contributed by atoms with Crippen molar-refractivity contribution < 1.29 is 4.79 Å². The molecule has 2 nitrogen and oxygen atoms in total. The maximum absolute atomic E-state index is 11.1. The van der Waals surface area contributed by atoms with E-state index in [4.69, 9.17) is 0 Å². The Hall–Kier alpha value is -0.370. The summed E-state index contributed by atoms with van der Waals surface area (Å²) >= 11 is 0. The summed E-state index contributed by atoms with van der Waals surface area (Å²) in [6.07, 6.45) is 0.733. The van der Waals surface area contributed by atoms with Crippen molar-refractivity contribution in [3.05, 3.63) is 0 Å². The summed E-state index contributed by atoms with van der Waals surface area (Å²) < 4.78 is 0. The Morgan fingerprint density at radius 3 is 2.18 bits per heavy atom. The highest BCUT2D eigenvalue weighted by Gasteiger charge is 2.34. The zero-order valence-electron chi connectivity index (χ0n) is 7.85. The number of Topliss-reactive ketones (excluding diaryl/α,β-unsaturated/α-hetero) is 1. The monoisotopic (exact) mass is 155 g/mol. The summed E-state index contributed by atoms with van der Waals surface area (Å²) in [6, 6.07) is 0.433. The van der Waals surface area contributed by atoms with Gasteiger partial charge in [-0.3, -0.25) is 9.69 Å². The molecule has 0 unspecified atom stereocenters. The highest BCUT2D eigenvalue weighted by atomic mass is 16.1. The van der Waals surface area contributed by atoms with Crippen molar-refractivity contribution in [3.8, 4) is 0 Å². The van der Waals surface area contributed by atoms with Gasteiger partial charge in [-0.1, -0.05) is 0 Å². The molecule has 0 aromatic carbocycles. The molecule has 1 aliphatic rings. The second kappa shape index (κ2) is 2.59. The standard InChI is InChI=1S/C9H17NO/c1-7-5-8(11)6-10(7)9(2,3)4/h7H,5-6H2,1-4H3/t7-/m1/s1. The van der Waals surface area contributed by atoms with Crippen LogP contribution in [0.3, 0.4) is 0 Å². The normalized spacial score (nSPS) is 28.0. The van der Waals surface area contributed by atoms with Crippen LogP contribution in [0.15, 0.2) is 0 Å². The average molecular weight is 155 g/mol. The fraction of sp³-hybridized carbons (Fsp3) is 0.889. The molecule has 1 heterocycles.